The molecular weight excluding hydrogens is 375 g/mol. The fraction of sp³-hybridized carbons (Fsp3) is 0.211. The molecule has 0 aliphatic heterocycles. The Kier molecular flexibility index (Phi) is 3.79. The second-order valence-electron chi connectivity index (χ2n) is 7.01. The van der Waals surface area contributed by atoms with Crippen molar-refractivity contribution >= 4 is 28.1 Å². The number of anilines is 2. The van der Waals surface area contributed by atoms with Gasteiger partial charge in [0.25, 0.3) is 5.89 Å². The normalized spacial score (nSPS) is 11.8. The maximum Gasteiger partial charge on any atom is 0.259 e. The fourth-order valence-corrected chi connectivity index (χ4v) is 3.48. The topological polar surface area (TPSA) is 110 Å². The highest BCUT2D eigenvalue weighted by atomic mass is 19.1. The van der Waals surface area contributed by atoms with Gasteiger partial charge in [0, 0.05) is 12.4 Å². The first-order chi connectivity index (χ1) is 14.0. The zero-order valence-electron chi connectivity index (χ0n) is 15.9. The van der Waals surface area contributed by atoms with E-state index in [0.29, 0.717) is 34.1 Å². The van der Waals surface area contributed by atoms with Gasteiger partial charge in [-0.3, -0.25) is 0 Å². The molecule has 5 rings (SSSR count). The Hall–Kier alpha value is -3.82. The monoisotopic (exact) mass is 392 g/mol. The number of hydrogen-bond acceptors (Lipinski definition) is 7. The Morgan fingerprint density at radius 2 is 2.14 bits per heavy atom. The number of fused-ring (bicyclic) bond motifs is 2. The van der Waals surface area contributed by atoms with Crippen LogP contribution < -0.4 is 5.32 Å². The molecule has 146 valence electrons. The number of nitrogens with zero attached hydrogens (tertiary/aromatic N) is 6. The molecule has 2 N–H and O–H groups in total. The minimum Gasteiger partial charge on any atom is -0.346 e. The summed E-state index contributed by atoms with van der Waals surface area (Å²) in [6, 6.07) is 1.64. The molecule has 10 heteroatoms. The predicted molar refractivity (Wildman–Crippen MR) is 104 cm³/mol. The van der Waals surface area contributed by atoms with Crippen molar-refractivity contribution < 1.29 is 8.91 Å². The standard InChI is InChI=1S/C19H17FN8O/c1-9(2)14-12(19-25-10(3)27-29-19)7-28-16(14)18(23-8-24-28)26-13-6-22-17-11(15(13)20)4-5-21-17/h4-9H,1-3H3,(H,21,22)(H,23,24,26). The number of H-pyrrole nitrogens is 1. The van der Waals surface area contributed by atoms with Crippen LogP contribution in [0.2, 0.25) is 0 Å². The largest absolute Gasteiger partial charge is 0.346 e. The van der Waals surface area contributed by atoms with E-state index in [4.69, 9.17) is 4.52 Å². The fourth-order valence-electron chi connectivity index (χ4n) is 3.48. The molecule has 0 unspecified atom stereocenters. The molecular formula is C19H17FN8O. The first kappa shape index (κ1) is 17.3. The molecule has 0 saturated carbocycles. The van der Waals surface area contributed by atoms with Crippen molar-refractivity contribution in [1.29, 1.82) is 0 Å². The van der Waals surface area contributed by atoms with E-state index in [0.717, 1.165) is 11.1 Å². The number of hydrogen-bond donors (Lipinski definition) is 2. The molecule has 0 aliphatic carbocycles. The third-order valence-corrected chi connectivity index (χ3v) is 4.72. The maximum absolute atomic E-state index is 14.9. The molecule has 5 aromatic heterocycles. The zero-order chi connectivity index (χ0) is 20.1. The molecule has 0 bridgehead atoms. The van der Waals surface area contributed by atoms with E-state index in [1.807, 2.05) is 20.0 Å². The highest BCUT2D eigenvalue weighted by molar-refractivity contribution is 5.86. The van der Waals surface area contributed by atoms with E-state index in [9.17, 15) is 4.39 Å². The van der Waals surface area contributed by atoms with Crippen LogP contribution in [0.5, 0.6) is 0 Å². The van der Waals surface area contributed by atoms with Crippen molar-refractivity contribution in [3.05, 3.63) is 48.2 Å². The Balaban J connectivity index is 1.69. The van der Waals surface area contributed by atoms with Crippen LogP contribution in [0.3, 0.4) is 0 Å². The van der Waals surface area contributed by atoms with Crippen molar-refractivity contribution in [2.45, 2.75) is 26.7 Å². The smallest absolute Gasteiger partial charge is 0.259 e. The molecule has 0 fully saturated rings. The van der Waals surface area contributed by atoms with Gasteiger partial charge in [-0.25, -0.2) is 18.9 Å². The lowest BCUT2D eigenvalue weighted by atomic mass is 10.00. The maximum atomic E-state index is 14.9. The van der Waals surface area contributed by atoms with Gasteiger partial charge < -0.3 is 14.8 Å². The quantitative estimate of drug-likeness (QED) is 0.476. The molecule has 9 nitrogen and oxygen atoms in total. The van der Waals surface area contributed by atoms with Crippen molar-refractivity contribution in [3.63, 3.8) is 0 Å². The number of aryl methyl sites for hydroxylation is 1. The molecule has 5 aromatic rings. The van der Waals surface area contributed by atoms with Crippen LogP contribution in [0.15, 0.2) is 35.5 Å². The average molecular weight is 392 g/mol. The summed E-state index contributed by atoms with van der Waals surface area (Å²) in [5.41, 5.74) is 3.11. The lowest BCUT2D eigenvalue weighted by Gasteiger charge is -2.11. The van der Waals surface area contributed by atoms with Gasteiger partial charge >= 0.3 is 0 Å². The van der Waals surface area contributed by atoms with E-state index >= 15 is 0 Å². The van der Waals surface area contributed by atoms with Crippen LogP contribution in [-0.4, -0.2) is 34.7 Å². The first-order valence-electron chi connectivity index (χ1n) is 9.08. The number of halogens is 1. The molecule has 0 saturated heterocycles. The van der Waals surface area contributed by atoms with E-state index in [-0.39, 0.29) is 11.6 Å². The van der Waals surface area contributed by atoms with Crippen molar-refractivity contribution in [2.75, 3.05) is 5.32 Å². The van der Waals surface area contributed by atoms with Crippen molar-refractivity contribution in [2.24, 2.45) is 0 Å². The van der Waals surface area contributed by atoms with Crippen LogP contribution in [-0.2, 0) is 0 Å². The number of pyridine rings is 1. The first-order valence-corrected chi connectivity index (χ1v) is 9.08. The van der Waals surface area contributed by atoms with E-state index in [1.165, 1.54) is 12.5 Å². The molecule has 0 spiro atoms. The summed E-state index contributed by atoms with van der Waals surface area (Å²) in [7, 11) is 0. The Bertz CT molecular complexity index is 1350. The van der Waals surface area contributed by atoms with Crippen molar-refractivity contribution in [3.8, 4) is 11.5 Å². The van der Waals surface area contributed by atoms with Crippen LogP contribution in [0.4, 0.5) is 15.9 Å². The Labute approximate surface area is 164 Å². The summed E-state index contributed by atoms with van der Waals surface area (Å²) in [6.45, 7) is 5.86. The number of rotatable bonds is 4. The third-order valence-electron chi connectivity index (χ3n) is 4.72. The Morgan fingerprint density at radius 3 is 2.90 bits per heavy atom. The summed E-state index contributed by atoms with van der Waals surface area (Å²) in [4.78, 5) is 15.8. The van der Waals surface area contributed by atoms with Gasteiger partial charge in [0.15, 0.2) is 17.5 Å². The molecule has 0 aliphatic rings. The highest BCUT2D eigenvalue weighted by Gasteiger charge is 2.23. The minimum absolute atomic E-state index is 0.101. The second-order valence-corrected chi connectivity index (χ2v) is 7.01. The van der Waals surface area contributed by atoms with Crippen LogP contribution in [0.25, 0.3) is 28.0 Å². The lowest BCUT2D eigenvalue weighted by molar-refractivity contribution is 0.425. The average Bonchev–Trinajstić information content (AvgIpc) is 3.41. The van der Waals surface area contributed by atoms with Gasteiger partial charge in [-0.15, -0.1) is 0 Å². The summed E-state index contributed by atoms with van der Waals surface area (Å²) >= 11 is 0. The predicted octanol–water partition coefficient (Wildman–Crippen LogP) is 3.97. The van der Waals surface area contributed by atoms with Crippen LogP contribution >= 0.6 is 0 Å². The Morgan fingerprint density at radius 1 is 1.28 bits per heavy atom. The zero-order valence-corrected chi connectivity index (χ0v) is 15.9. The van der Waals surface area contributed by atoms with Gasteiger partial charge in [-0.2, -0.15) is 10.1 Å². The highest BCUT2D eigenvalue weighted by Crippen LogP contribution is 2.36. The van der Waals surface area contributed by atoms with Gasteiger partial charge in [0.2, 0.25) is 0 Å². The molecule has 0 atom stereocenters. The number of aromatic nitrogens is 7. The SMILES string of the molecule is Cc1noc(-c2cn3ncnc(Nc4cnc5[nH]ccc5c4F)c3c2C(C)C)n1. The van der Waals surface area contributed by atoms with Crippen LogP contribution in [0, 0.1) is 12.7 Å². The van der Waals surface area contributed by atoms with Gasteiger partial charge in [0.1, 0.15) is 17.5 Å². The van der Waals surface area contributed by atoms with Crippen LogP contribution in [0.1, 0.15) is 31.2 Å². The molecule has 29 heavy (non-hydrogen) atoms. The van der Waals surface area contributed by atoms with E-state index < -0.39 is 5.82 Å². The van der Waals surface area contributed by atoms with Gasteiger partial charge in [-0.05, 0) is 24.5 Å². The van der Waals surface area contributed by atoms with Gasteiger partial charge in [-0.1, -0.05) is 19.0 Å². The summed E-state index contributed by atoms with van der Waals surface area (Å²) < 4.78 is 22.0. The van der Waals surface area contributed by atoms with Gasteiger partial charge in [0.05, 0.1) is 22.8 Å². The van der Waals surface area contributed by atoms with E-state index in [2.05, 4.69) is 35.5 Å². The lowest BCUT2D eigenvalue weighted by Crippen LogP contribution is -2.03. The second kappa shape index (κ2) is 6.36. The van der Waals surface area contributed by atoms with E-state index in [1.54, 1.807) is 23.7 Å². The summed E-state index contributed by atoms with van der Waals surface area (Å²) in [5.74, 6) is 1.11. The molecule has 0 radical (unpaired) electrons. The third kappa shape index (κ3) is 2.72. The summed E-state index contributed by atoms with van der Waals surface area (Å²) in [6.07, 6.45) is 6.31. The summed E-state index contributed by atoms with van der Waals surface area (Å²) in [5, 5.41) is 11.7. The minimum atomic E-state index is -0.404. The molecule has 0 aromatic carbocycles. The molecule has 5 heterocycles. The molecule has 0 amide bonds. The number of aromatic amines is 1. The number of nitrogens with one attached hydrogen (secondary N) is 2. The van der Waals surface area contributed by atoms with Crippen molar-refractivity contribution in [1.82, 2.24) is 34.7 Å².